The van der Waals surface area contributed by atoms with Crippen LogP contribution >= 0.6 is 0 Å². The van der Waals surface area contributed by atoms with Crippen molar-refractivity contribution in [2.24, 2.45) is 11.3 Å². The molecule has 1 unspecified atom stereocenters. The number of piperidine rings is 1. The Bertz CT molecular complexity index is 260. The molecule has 16 heavy (non-hydrogen) atoms. The lowest BCUT2D eigenvalue weighted by Gasteiger charge is -2.39. The number of rotatable bonds is 2. The summed E-state index contributed by atoms with van der Waals surface area (Å²) in [4.78, 5) is 2.54. The molecule has 0 spiro atoms. The van der Waals surface area contributed by atoms with Crippen molar-refractivity contribution in [3.63, 3.8) is 0 Å². The number of hydrogen-bond acceptors (Lipinski definition) is 2. The van der Waals surface area contributed by atoms with Gasteiger partial charge in [0.15, 0.2) is 0 Å². The van der Waals surface area contributed by atoms with Crippen molar-refractivity contribution in [2.45, 2.75) is 51.9 Å². The molecule has 0 bridgehead atoms. The zero-order valence-corrected chi connectivity index (χ0v) is 10.5. The van der Waals surface area contributed by atoms with Crippen LogP contribution in [0.2, 0.25) is 0 Å². The Kier molecular flexibility index (Phi) is 3.86. The fourth-order valence-corrected chi connectivity index (χ4v) is 3.39. The van der Waals surface area contributed by atoms with E-state index in [1.165, 1.54) is 45.2 Å². The molecule has 90 valence electrons. The van der Waals surface area contributed by atoms with E-state index in [4.69, 9.17) is 0 Å². The van der Waals surface area contributed by atoms with Crippen LogP contribution in [0.15, 0.2) is 0 Å². The molecule has 2 rings (SSSR count). The second-order valence-electron chi connectivity index (χ2n) is 5.94. The first-order valence-corrected chi connectivity index (χ1v) is 6.88. The number of likely N-dealkylation sites (tertiary alicyclic amines) is 1. The molecular formula is C14H24N2. The van der Waals surface area contributed by atoms with Crippen molar-refractivity contribution >= 4 is 0 Å². The van der Waals surface area contributed by atoms with Crippen LogP contribution in [-0.2, 0) is 0 Å². The van der Waals surface area contributed by atoms with Crippen LogP contribution in [0, 0.1) is 22.7 Å². The van der Waals surface area contributed by atoms with Gasteiger partial charge < -0.3 is 4.90 Å². The molecule has 0 N–H and O–H groups in total. The van der Waals surface area contributed by atoms with E-state index < -0.39 is 0 Å². The molecule has 2 fully saturated rings. The van der Waals surface area contributed by atoms with E-state index in [1.807, 2.05) is 0 Å². The Labute approximate surface area is 99.6 Å². The van der Waals surface area contributed by atoms with Crippen LogP contribution in [0.1, 0.15) is 51.9 Å². The first-order valence-electron chi connectivity index (χ1n) is 6.88. The maximum absolute atomic E-state index is 9.46. The highest BCUT2D eigenvalue weighted by atomic mass is 15.1. The van der Waals surface area contributed by atoms with Crippen molar-refractivity contribution in [3.8, 4) is 6.07 Å². The molecule has 1 aliphatic carbocycles. The average Bonchev–Trinajstić information content (AvgIpc) is 2.30. The quantitative estimate of drug-likeness (QED) is 0.714. The standard InChI is InChI=1S/C14H24N2/c1-13-6-5-9-16(10-13)12-14(11-15)7-3-2-4-8-14/h13H,2-10,12H2,1H3. The minimum absolute atomic E-state index is 0.00465. The molecule has 1 atom stereocenters. The van der Waals surface area contributed by atoms with Crippen LogP contribution in [-0.4, -0.2) is 24.5 Å². The lowest BCUT2D eigenvalue weighted by atomic mass is 9.74. The van der Waals surface area contributed by atoms with Gasteiger partial charge in [0, 0.05) is 13.1 Å². The maximum Gasteiger partial charge on any atom is 0.0703 e. The van der Waals surface area contributed by atoms with Gasteiger partial charge in [-0.05, 0) is 38.1 Å². The third-order valence-corrected chi connectivity index (χ3v) is 4.32. The van der Waals surface area contributed by atoms with Crippen LogP contribution < -0.4 is 0 Å². The van der Waals surface area contributed by atoms with Crippen LogP contribution in [0.25, 0.3) is 0 Å². The zero-order valence-electron chi connectivity index (χ0n) is 10.5. The Balaban J connectivity index is 1.93. The van der Waals surface area contributed by atoms with E-state index in [2.05, 4.69) is 17.9 Å². The van der Waals surface area contributed by atoms with Gasteiger partial charge in [-0.25, -0.2) is 0 Å². The Morgan fingerprint density at radius 3 is 2.62 bits per heavy atom. The van der Waals surface area contributed by atoms with E-state index in [9.17, 15) is 5.26 Å². The molecule has 0 radical (unpaired) electrons. The molecule has 2 nitrogen and oxygen atoms in total. The highest BCUT2D eigenvalue weighted by Crippen LogP contribution is 2.37. The summed E-state index contributed by atoms with van der Waals surface area (Å²) in [6.45, 7) is 5.80. The van der Waals surface area contributed by atoms with E-state index >= 15 is 0 Å². The summed E-state index contributed by atoms with van der Waals surface area (Å²) in [5.41, 5.74) is -0.00465. The fraction of sp³-hybridized carbons (Fsp3) is 0.929. The lowest BCUT2D eigenvalue weighted by Crippen LogP contribution is -2.43. The minimum atomic E-state index is -0.00465. The van der Waals surface area contributed by atoms with Gasteiger partial charge in [-0.15, -0.1) is 0 Å². The third-order valence-electron chi connectivity index (χ3n) is 4.32. The third kappa shape index (κ3) is 2.77. The molecular weight excluding hydrogens is 196 g/mol. The van der Waals surface area contributed by atoms with Gasteiger partial charge in [-0.2, -0.15) is 5.26 Å². The van der Waals surface area contributed by atoms with Crippen molar-refractivity contribution in [1.82, 2.24) is 4.90 Å². The van der Waals surface area contributed by atoms with E-state index in [0.717, 1.165) is 25.3 Å². The first kappa shape index (κ1) is 11.9. The molecule has 0 amide bonds. The van der Waals surface area contributed by atoms with Crippen molar-refractivity contribution in [1.29, 1.82) is 5.26 Å². The highest BCUT2D eigenvalue weighted by molar-refractivity contribution is 5.02. The highest BCUT2D eigenvalue weighted by Gasteiger charge is 2.34. The predicted molar refractivity (Wildman–Crippen MR) is 66.0 cm³/mol. The molecule has 1 heterocycles. The topological polar surface area (TPSA) is 27.0 Å². The molecule has 1 aliphatic heterocycles. The first-order chi connectivity index (χ1) is 7.74. The van der Waals surface area contributed by atoms with Gasteiger partial charge in [0.1, 0.15) is 0 Å². The maximum atomic E-state index is 9.46. The molecule has 1 saturated heterocycles. The van der Waals surface area contributed by atoms with Gasteiger partial charge in [-0.3, -0.25) is 0 Å². The van der Waals surface area contributed by atoms with Crippen LogP contribution in [0.4, 0.5) is 0 Å². The second-order valence-corrected chi connectivity index (χ2v) is 5.94. The summed E-state index contributed by atoms with van der Waals surface area (Å²) in [7, 11) is 0. The Morgan fingerprint density at radius 1 is 1.25 bits per heavy atom. The SMILES string of the molecule is CC1CCCN(CC2(C#N)CCCCC2)C1. The summed E-state index contributed by atoms with van der Waals surface area (Å²) in [6, 6.07) is 2.64. The van der Waals surface area contributed by atoms with E-state index in [1.54, 1.807) is 0 Å². The van der Waals surface area contributed by atoms with Gasteiger partial charge in [0.2, 0.25) is 0 Å². The Morgan fingerprint density at radius 2 is 2.00 bits per heavy atom. The summed E-state index contributed by atoms with van der Waals surface area (Å²) in [6.07, 6.45) is 8.81. The van der Waals surface area contributed by atoms with E-state index in [-0.39, 0.29) is 5.41 Å². The fourth-order valence-electron chi connectivity index (χ4n) is 3.39. The normalized spacial score (nSPS) is 30.9. The summed E-state index contributed by atoms with van der Waals surface area (Å²) in [5, 5.41) is 9.46. The smallest absolute Gasteiger partial charge is 0.0703 e. The molecule has 2 heteroatoms. The average molecular weight is 220 g/mol. The van der Waals surface area contributed by atoms with E-state index in [0.29, 0.717) is 0 Å². The van der Waals surface area contributed by atoms with Gasteiger partial charge in [-0.1, -0.05) is 26.2 Å². The minimum Gasteiger partial charge on any atom is -0.301 e. The van der Waals surface area contributed by atoms with Gasteiger partial charge in [0.25, 0.3) is 0 Å². The molecule has 0 aromatic rings. The summed E-state index contributed by atoms with van der Waals surface area (Å²) in [5.74, 6) is 0.827. The lowest BCUT2D eigenvalue weighted by molar-refractivity contribution is 0.112. The van der Waals surface area contributed by atoms with Crippen molar-refractivity contribution < 1.29 is 0 Å². The molecule has 0 aromatic heterocycles. The Hall–Kier alpha value is -0.550. The largest absolute Gasteiger partial charge is 0.301 e. The molecule has 1 saturated carbocycles. The van der Waals surface area contributed by atoms with Crippen molar-refractivity contribution in [2.75, 3.05) is 19.6 Å². The van der Waals surface area contributed by atoms with Crippen LogP contribution in [0.5, 0.6) is 0 Å². The summed E-state index contributed by atoms with van der Waals surface area (Å²) >= 11 is 0. The molecule has 0 aromatic carbocycles. The second kappa shape index (κ2) is 5.19. The molecule has 2 aliphatic rings. The summed E-state index contributed by atoms with van der Waals surface area (Å²) < 4.78 is 0. The van der Waals surface area contributed by atoms with Gasteiger partial charge in [0.05, 0.1) is 11.5 Å². The number of nitriles is 1. The van der Waals surface area contributed by atoms with Crippen molar-refractivity contribution in [3.05, 3.63) is 0 Å². The number of nitrogens with zero attached hydrogens (tertiary/aromatic N) is 2. The monoisotopic (exact) mass is 220 g/mol. The van der Waals surface area contributed by atoms with Gasteiger partial charge >= 0.3 is 0 Å². The predicted octanol–water partition coefficient (Wildman–Crippen LogP) is 3.19. The number of hydrogen-bond donors (Lipinski definition) is 0. The van der Waals surface area contributed by atoms with Crippen LogP contribution in [0.3, 0.4) is 0 Å². The zero-order chi connectivity index (χ0) is 11.4.